The Morgan fingerprint density at radius 3 is 2.39 bits per heavy atom. The van der Waals surface area contributed by atoms with Crippen molar-refractivity contribution in [3.8, 4) is 0 Å². The Bertz CT molecular complexity index is 744. The van der Waals surface area contributed by atoms with Crippen molar-refractivity contribution in [2.24, 2.45) is 0 Å². The molecule has 0 spiro atoms. The maximum atomic E-state index is 4.04. The van der Waals surface area contributed by atoms with Crippen LogP contribution in [0.25, 0.3) is 11.6 Å². The van der Waals surface area contributed by atoms with Gasteiger partial charge in [0, 0.05) is 0 Å². The van der Waals surface area contributed by atoms with Gasteiger partial charge < -0.3 is 0 Å². The molecular formula is C23H26. The zero-order valence-corrected chi connectivity index (χ0v) is 14.5. The maximum absolute atomic E-state index is 4.04. The first-order valence-electron chi connectivity index (χ1n) is 8.23. The first-order chi connectivity index (χ1) is 11.1. The molecular weight excluding hydrogens is 276 g/mol. The van der Waals surface area contributed by atoms with Gasteiger partial charge >= 0.3 is 0 Å². The fraction of sp³-hybridized carbons (Fsp3) is 0.217. The highest BCUT2D eigenvalue weighted by Crippen LogP contribution is 2.26. The Morgan fingerprint density at radius 1 is 1.04 bits per heavy atom. The van der Waals surface area contributed by atoms with E-state index in [2.05, 4.69) is 76.4 Å². The van der Waals surface area contributed by atoms with Crippen molar-refractivity contribution < 1.29 is 0 Å². The molecule has 0 radical (unpaired) electrons. The van der Waals surface area contributed by atoms with E-state index >= 15 is 0 Å². The highest BCUT2D eigenvalue weighted by atomic mass is 14.1. The number of aryl methyl sites for hydroxylation is 2. The van der Waals surface area contributed by atoms with Gasteiger partial charge in [0.2, 0.25) is 0 Å². The lowest BCUT2D eigenvalue weighted by atomic mass is 9.92. The summed E-state index contributed by atoms with van der Waals surface area (Å²) in [6.45, 7) is 14.5. The summed E-state index contributed by atoms with van der Waals surface area (Å²) in [5.74, 6) is 0. The van der Waals surface area contributed by atoms with Crippen molar-refractivity contribution in [1.29, 1.82) is 0 Å². The number of hydrogen-bond donors (Lipinski definition) is 0. The van der Waals surface area contributed by atoms with Gasteiger partial charge in [0.05, 0.1) is 0 Å². The lowest BCUT2D eigenvalue weighted by Gasteiger charge is -2.13. The molecule has 0 amide bonds. The Hall–Kier alpha value is -2.34. The van der Waals surface area contributed by atoms with Gasteiger partial charge in [-0.2, -0.15) is 0 Å². The van der Waals surface area contributed by atoms with Crippen LogP contribution in [0.2, 0.25) is 0 Å². The minimum Gasteiger partial charge on any atom is -0.0985 e. The molecule has 0 nitrogen and oxygen atoms in total. The predicted molar refractivity (Wildman–Crippen MR) is 104 cm³/mol. The summed E-state index contributed by atoms with van der Waals surface area (Å²) in [5, 5.41) is 0. The molecule has 0 aliphatic rings. The van der Waals surface area contributed by atoms with Gasteiger partial charge in [0.1, 0.15) is 0 Å². The van der Waals surface area contributed by atoms with Crippen LogP contribution in [0.1, 0.15) is 41.7 Å². The molecule has 0 aliphatic heterocycles. The summed E-state index contributed by atoms with van der Waals surface area (Å²) in [6.07, 6.45) is 5.89. The van der Waals surface area contributed by atoms with Crippen LogP contribution in [-0.2, 0) is 12.8 Å². The van der Waals surface area contributed by atoms with Crippen molar-refractivity contribution in [2.45, 2.75) is 33.6 Å². The summed E-state index contributed by atoms with van der Waals surface area (Å²) in [4.78, 5) is 0. The fourth-order valence-electron chi connectivity index (χ4n) is 3.00. The number of benzene rings is 2. The third-order valence-corrected chi connectivity index (χ3v) is 4.44. The van der Waals surface area contributed by atoms with Gasteiger partial charge in [-0.1, -0.05) is 74.2 Å². The van der Waals surface area contributed by atoms with E-state index in [9.17, 15) is 0 Å². The molecule has 0 unspecified atom stereocenters. The van der Waals surface area contributed by atoms with Crippen molar-refractivity contribution >= 4 is 11.6 Å². The molecule has 0 heterocycles. The van der Waals surface area contributed by atoms with Crippen LogP contribution in [0.15, 0.2) is 67.3 Å². The van der Waals surface area contributed by atoms with Crippen molar-refractivity contribution in [2.75, 3.05) is 0 Å². The molecule has 0 N–H and O–H groups in total. The number of rotatable bonds is 6. The Kier molecular flexibility index (Phi) is 5.76. The monoisotopic (exact) mass is 302 g/mol. The van der Waals surface area contributed by atoms with E-state index in [1.165, 1.54) is 39.0 Å². The molecule has 0 aliphatic carbocycles. The van der Waals surface area contributed by atoms with Gasteiger partial charge in [-0.05, 0) is 66.1 Å². The van der Waals surface area contributed by atoms with E-state index in [1.54, 1.807) is 0 Å². The minimum atomic E-state index is 0.951. The summed E-state index contributed by atoms with van der Waals surface area (Å²) >= 11 is 0. The van der Waals surface area contributed by atoms with Crippen molar-refractivity contribution in [3.05, 3.63) is 95.1 Å². The van der Waals surface area contributed by atoms with Crippen LogP contribution in [-0.4, -0.2) is 0 Å². The van der Waals surface area contributed by atoms with Crippen molar-refractivity contribution in [3.63, 3.8) is 0 Å². The second-order valence-corrected chi connectivity index (χ2v) is 5.97. The van der Waals surface area contributed by atoms with E-state index in [4.69, 9.17) is 0 Å². The third-order valence-electron chi connectivity index (χ3n) is 4.44. The lowest BCUT2D eigenvalue weighted by molar-refractivity contribution is 1.12. The summed E-state index contributed by atoms with van der Waals surface area (Å²) in [6, 6.07) is 15.2. The molecule has 0 saturated heterocycles. The molecule has 118 valence electrons. The largest absolute Gasteiger partial charge is 0.0985 e. The quantitative estimate of drug-likeness (QED) is 0.541. The second-order valence-electron chi connectivity index (χ2n) is 5.97. The van der Waals surface area contributed by atoms with Crippen LogP contribution >= 0.6 is 0 Å². The minimum absolute atomic E-state index is 0.951. The molecule has 2 rings (SSSR count). The number of allylic oxidation sites excluding steroid dienone is 3. The molecule has 0 aromatic heterocycles. The summed E-state index contributed by atoms with van der Waals surface area (Å²) < 4.78 is 0. The first-order valence-corrected chi connectivity index (χ1v) is 8.23. The average Bonchev–Trinajstić information content (AvgIpc) is 2.57. The maximum Gasteiger partial charge on any atom is -0.00580 e. The van der Waals surface area contributed by atoms with Crippen LogP contribution in [0, 0.1) is 6.92 Å². The smallest absolute Gasteiger partial charge is 0.00580 e. The molecule has 0 fully saturated rings. The van der Waals surface area contributed by atoms with E-state index in [1.807, 2.05) is 12.2 Å². The van der Waals surface area contributed by atoms with E-state index in [0.717, 1.165) is 12.8 Å². The molecule has 0 heteroatoms. The zero-order valence-electron chi connectivity index (χ0n) is 14.5. The topological polar surface area (TPSA) is 0 Å². The SMILES string of the molecule is C=C/C(=C(/C)Cc1ccccc1C)c1ccc(CC)c(C=C)c1. The van der Waals surface area contributed by atoms with Crippen LogP contribution in [0.4, 0.5) is 0 Å². The van der Waals surface area contributed by atoms with Gasteiger partial charge in [-0.3, -0.25) is 0 Å². The van der Waals surface area contributed by atoms with E-state index in [-0.39, 0.29) is 0 Å². The number of hydrogen-bond acceptors (Lipinski definition) is 0. The van der Waals surface area contributed by atoms with Gasteiger partial charge in [0.15, 0.2) is 0 Å². The summed E-state index contributed by atoms with van der Waals surface area (Å²) in [7, 11) is 0. The molecule has 23 heavy (non-hydrogen) atoms. The molecule has 0 atom stereocenters. The highest BCUT2D eigenvalue weighted by Gasteiger charge is 2.07. The molecule has 2 aromatic carbocycles. The molecule has 2 aromatic rings. The van der Waals surface area contributed by atoms with Crippen LogP contribution in [0.5, 0.6) is 0 Å². The Morgan fingerprint density at radius 2 is 1.78 bits per heavy atom. The van der Waals surface area contributed by atoms with Crippen molar-refractivity contribution in [1.82, 2.24) is 0 Å². The third kappa shape index (κ3) is 3.90. The predicted octanol–water partition coefficient (Wildman–Crippen LogP) is 6.40. The highest BCUT2D eigenvalue weighted by molar-refractivity contribution is 5.78. The van der Waals surface area contributed by atoms with E-state index < -0.39 is 0 Å². The fourth-order valence-corrected chi connectivity index (χ4v) is 3.00. The summed E-state index contributed by atoms with van der Waals surface area (Å²) in [5.41, 5.74) is 9.05. The Balaban J connectivity index is 2.43. The van der Waals surface area contributed by atoms with Gasteiger partial charge in [0.25, 0.3) is 0 Å². The van der Waals surface area contributed by atoms with Crippen LogP contribution in [0.3, 0.4) is 0 Å². The molecule has 0 saturated carbocycles. The first kappa shape index (κ1) is 17.0. The normalized spacial score (nSPS) is 11.8. The Labute approximate surface area is 140 Å². The van der Waals surface area contributed by atoms with Gasteiger partial charge in [-0.25, -0.2) is 0 Å². The zero-order chi connectivity index (χ0) is 16.8. The second kappa shape index (κ2) is 7.78. The van der Waals surface area contributed by atoms with Crippen LogP contribution < -0.4 is 0 Å². The lowest BCUT2D eigenvalue weighted by Crippen LogP contribution is -1.96. The van der Waals surface area contributed by atoms with E-state index in [0.29, 0.717) is 0 Å². The molecule has 0 bridgehead atoms. The average molecular weight is 302 g/mol. The standard InChI is InChI=1S/C23H26/c1-6-19-13-14-22(16-20(19)7-2)23(8-3)18(5)15-21-12-10-9-11-17(21)4/h7-14,16H,2-3,6,15H2,1,4-5H3/b23-18+. The van der Waals surface area contributed by atoms with Gasteiger partial charge in [-0.15, -0.1) is 0 Å².